The van der Waals surface area contributed by atoms with Crippen LogP contribution < -0.4 is 5.73 Å². The normalized spacial score (nSPS) is 14.2. The summed E-state index contributed by atoms with van der Waals surface area (Å²) in [5.74, 6) is -0.0943. The third-order valence-electron chi connectivity index (χ3n) is 1.89. The molecule has 0 saturated heterocycles. The Kier molecular flexibility index (Phi) is 4.58. The van der Waals surface area contributed by atoms with Gasteiger partial charge in [-0.15, -0.1) is 11.8 Å². The van der Waals surface area contributed by atoms with E-state index in [1.165, 1.54) is 18.9 Å². The van der Waals surface area contributed by atoms with Crippen LogP contribution in [0.5, 0.6) is 0 Å². The van der Waals surface area contributed by atoms with Gasteiger partial charge in [0.15, 0.2) is 0 Å². The molecule has 0 fully saturated rings. The van der Waals surface area contributed by atoms with Crippen LogP contribution in [0.2, 0.25) is 5.02 Å². The predicted octanol–water partition coefficient (Wildman–Crippen LogP) is 1.72. The van der Waals surface area contributed by atoms with Gasteiger partial charge in [-0.05, 0) is 19.1 Å². The number of hydrogen-bond acceptors (Lipinski definition) is 5. The molecule has 0 radical (unpaired) electrons. The number of esters is 1. The van der Waals surface area contributed by atoms with Crippen LogP contribution in [0.15, 0.2) is 23.4 Å². The largest absolute Gasteiger partial charge is 0.468 e. The monoisotopic (exact) mass is 260 g/mol. The summed E-state index contributed by atoms with van der Waals surface area (Å²) in [6.07, 6.45) is 1.64. The highest BCUT2D eigenvalue weighted by molar-refractivity contribution is 7.99. The molecule has 4 nitrogen and oxygen atoms in total. The van der Waals surface area contributed by atoms with E-state index in [0.29, 0.717) is 15.8 Å². The molecule has 6 heteroatoms. The number of halogens is 1. The van der Waals surface area contributed by atoms with Crippen LogP contribution >= 0.6 is 23.4 Å². The number of aromatic nitrogens is 1. The van der Waals surface area contributed by atoms with Crippen molar-refractivity contribution in [1.29, 1.82) is 0 Å². The lowest BCUT2D eigenvalue weighted by Gasteiger charge is -2.20. The fourth-order valence-corrected chi connectivity index (χ4v) is 2.17. The van der Waals surface area contributed by atoms with Crippen molar-refractivity contribution in [3.8, 4) is 0 Å². The first-order valence-corrected chi connectivity index (χ1v) is 5.94. The summed E-state index contributed by atoms with van der Waals surface area (Å²) in [4.78, 5) is 15.4. The van der Waals surface area contributed by atoms with Crippen molar-refractivity contribution in [2.45, 2.75) is 17.5 Å². The molecule has 0 aliphatic rings. The molecule has 0 bridgehead atoms. The molecule has 1 aromatic rings. The van der Waals surface area contributed by atoms with Crippen LogP contribution in [0.25, 0.3) is 0 Å². The molecule has 1 aromatic heterocycles. The van der Waals surface area contributed by atoms with E-state index >= 15 is 0 Å². The first kappa shape index (κ1) is 13.3. The number of thioether (sulfide) groups is 1. The second kappa shape index (κ2) is 5.52. The maximum Gasteiger partial charge on any atom is 0.326 e. The Bertz CT molecular complexity index is 385. The molecular weight excluding hydrogens is 248 g/mol. The summed E-state index contributed by atoms with van der Waals surface area (Å²) in [5.41, 5.74) is 4.76. The Labute approximate surface area is 104 Å². The number of methoxy groups -OCH3 is 1. The van der Waals surface area contributed by atoms with E-state index < -0.39 is 11.5 Å². The van der Waals surface area contributed by atoms with Crippen molar-refractivity contribution >= 4 is 29.3 Å². The third-order valence-corrected chi connectivity index (χ3v) is 3.64. The summed E-state index contributed by atoms with van der Waals surface area (Å²) < 4.78 is 4.60. The highest BCUT2D eigenvalue weighted by atomic mass is 35.5. The summed E-state index contributed by atoms with van der Waals surface area (Å²) >= 11 is 7.26. The standard InChI is InChI=1S/C10H13ClN2O2S/c1-10(12,9(14)15-2)6-16-8-7(11)4-3-5-13-8/h3-5H,6,12H2,1-2H3. The molecule has 0 aliphatic carbocycles. The van der Waals surface area contributed by atoms with Gasteiger partial charge in [0.1, 0.15) is 10.6 Å². The first-order valence-electron chi connectivity index (χ1n) is 4.58. The number of nitrogens with two attached hydrogens (primary N) is 1. The van der Waals surface area contributed by atoms with E-state index in [2.05, 4.69) is 9.72 Å². The maximum absolute atomic E-state index is 11.3. The summed E-state index contributed by atoms with van der Waals surface area (Å²) in [6, 6.07) is 3.48. The van der Waals surface area contributed by atoms with Crippen LogP contribution in [0.3, 0.4) is 0 Å². The van der Waals surface area contributed by atoms with Crippen molar-refractivity contribution in [2.75, 3.05) is 12.9 Å². The number of carbonyl (C=O) groups excluding carboxylic acids is 1. The minimum absolute atomic E-state index is 0.358. The van der Waals surface area contributed by atoms with Crippen LogP contribution in [-0.4, -0.2) is 29.4 Å². The molecule has 1 unspecified atom stereocenters. The molecule has 0 saturated carbocycles. The van der Waals surface area contributed by atoms with E-state index in [9.17, 15) is 4.79 Å². The van der Waals surface area contributed by atoms with Crippen molar-refractivity contribution in [3.05, 3.63) is 23.4 Å². The lowest BCUT2D eigenvalue weighted by molar-refractivity contribution is -0.145. The second-order valence-electron chi connectivity index (χ2n) is 3.49. The minimum Gasteiger partial charge on any atom is -0.468 e. The first-order chi connectivity index (χ1) is 7.47. The van der Waals surface area contributed by atoms with Gasteiger partial charge in [-0.2, -0.15) is 0 Å². The van der Waals surface area contributed by atoms with Gasteiger partial charge >= 0.3 is 5.97 Å². The lowest BCUT2D eigenvalue weighted by Crippen LogP contribution is -2.48. The molecule has 1 heterocycles. The summed E-state index contributed by atoms with van der Waals surface area (Å²) in [6.45, 7) is 1.61. The number of carbonyl (C=O) groups is 1. The fraction of sp³-hybridized carbons (Fsp3) is 0.400. The summed E-state index contributed by atoms with van der Waals surface area (Å²) in [5, 5.41) is 1.21. The molecule has 2 N–H and O–H groups in total. The molecular formula is C10H13ClN2O2S. The molecule has 88 valence electrons. The second-order valence-corrected chi connectivity index (χ2v) is 4.86. The zero-order valence-corrected chi connectivity index (χ0v) is 10.6. The van der Waals surface area contributed by atoms with Crippen LogP contribution in [0.1, 0.15) is 6.92 Å². The Hall–Kier alpha value is -0.780. The van der Waals surface area contributed by atoms with E-state index in [-0.39, 0.29) is 0 Å². The molecule has 1 rings (SSSR count). The average Bonchev–Trinajstić information content (AvgIpc) is 2.27. The van der Waals surface area contributed by atoms with Gasteiger partial charge in [-0.1, -0.05) is 11.6 Å². The Morgan fingerprint density at radius 1 is 1.75 bits per heavy atom. The average molecular weight is 261 g/mol. The molecule has 1 atom stereocenters. The predicted molar refractivity (Wildman–Crippen MR) is 64.6 cm³/mol. The minimum atomic E-state index is -1.04. The zero-order valence-electron chi connectivity index (χ0n) is 9.07. The van der Waals surface area contributed by atoms with E-state index in [4.69, 9.17) is 17.3 Å². The molecule has 16 heavy (non-hydrogen) atoms. The highest BCUT2D eigenvalue weighted by Crippen LogP contribution is 2.26. The van der Waals surface area contributed by atoms with Crippen LogP contribution in [0.4, 0.5) is 0 Å². The fourth-order valence-electron chi connectivity index (χ4n) is 0.988. The van der Waals surface area contributed by atoms with Crippen molar-refractivity contribution < 1.29 is 9.53 Å². The number of rotatable bonds is 4. The Morgan fingerprint density at radius 2 is 2.44 bits per heavy atom. The number of ether oxygens (including phenoxy) is 1. The lowest BCUT2D eigenvalue weighted by atomic mass is 10.1. The zero-order chi connectivity index (χ0) is 12.2. The SMILES string of the molecule is COC(=O)C(C)(N)CSc1ncccc1Cl. The van der Waals surface area contributed by atoms with Gasteiger partial charge in [0.25, 0.3) is 0 Å². The van der Waals surface area contributed by atoms with E-state index in [1.54, 1.807) is 25.3 Å². The molecule has 0 aromatic carbocycles. The van der Waals surface area contributed by atoms with Gasteiger partial charge in [-0.3, -0.25) is 4.79 Å². The number of hydrogen-bond donors (Lipinski definition) is 1. The third kappa shape index (κ3) is 3.37. The van der Waals surface area contributed by atoms with Gasteiger partial charge in [0, 0.05) is 11.9 Å². The Morgan fingerprint density at radius 3 is 3.00 bits per heavy atom. The Balaban J connectivity index is 2.65. The quantitative estimate of drug-likeness (QED) is 0.660. The molecule has 0 amide bonds. The number of pyridine rings is 1. The molecule has 0 aliphatic heterocycles. The maximum atomic E-state index is 11.3. The van der Waals surface area contributed by atoms with Crippen molar-refractivity contribution in [3.63, 3.8) is 0 Å². The van der Waals surface area contributed by atoms with Gasteiger partial charge in [0.05, 0.1) is 12.1 Å². The molecule has 0 spiro atoms. The number of nitrogens with zero attached hydrogens (tertiary/aromatic N) is 1. The smallest absolute Gasteiger partial charge is 0.326 e. The van der Waals surface area contributed by atoms with Crippen LogP contribution in [-0.2, 0) is 9.53 Å². The van der Waals surface area contributed by atoms with Gasteiger partial charge < -0.3 is 10.5 Å². The van der Waals surface area contributed by atoms with Crippen molar-refractivity contribution in [1.82, 2.24) is 4.98 Å². The van der Waals surface area contributed by atoms with Crippen molar-refractivity contribution in [2.24, 2.45) is 5.73 Å². The van der Waals surface area contributed by atoms with E-state index in [1.807, 2.05) is 0 Å². The van der Waals surface area contributed by atoms with Gasteiger partial charge in [0.2, 0.25) is 0 Å². The van der Waals surface area contributed by atoms with Crippen LogP contribution in [0, 0.1) is 0 Å². The van der Waals surface area contributed by atoms with E-state index in [0.717, 1.165) is 0 Å². The highest BCUT2D eigenvalue weighted by Gasteiger charge is 2.29. The summed E-state index contributed by atoms with van der Waals surface area (Å²) in [7, 11) is 1.31. The van der Waals surface area contributed by atoms with Gasteiger partial charge in [-0.25, -0.2) is 4.98 Å². The topological polar surface area (TPSA) is 65.2 Å².